The van der Waals surface area contributed by atoms with E-state index in [9.17, 15) is 9.18 Å². The van der Waals surface area contributed by atoms with Gasteiger partial charge in [0, 0.05) is 24.8 Å². The van der Waals surface area contributed by atoms with Gasteiger partial charge < -0.3 is 20.5 Å². The number of amides is 1. The molecule has 0 bridgehead atoms. The van der Waals surface area contributed by atoms with Crippen molar-refractivity contribution in [1.29, 1.82) is 0 Å². The van der Waals surface area contributed by atoms with Crippen molar-refractivity contribution in [1.82, 2.24) is 4.90 Å². The van der Waals surface area contributed by atoms with E-state index < -0.39 is 11.9 Å². The molecular formula is C17H17FN2O3. The third-order valence-electron chi connectivity index (χ3n) is 3.93. The Labute approximate surface area is 133 Å². The fourth-order valence-corrected chi connectivity index (χ4v) is 2.68. The quantitative estimate of drug-likeness (QED) is 0.834. The van der Waals surface area contributed by atoms with Crippen LogP contribution >= 0.6 is 0 Å². The number of rotatable bonds is 2. The van der Waals surface area contributed by atoms with Crippen LogP contribution in [0.4, 0.5) is 14.9 Å². The first kappa shape index (κ1) is 15.1. The number of benzene rings is 2. The predicted octanol–water partition coefficient (Wildman–Crippen LogP) is 3.28. The zero-order chi connectivity index (χ0) is 16.4. The third kappa shape index (κ3) is 3.36. The number of nitrogen functional groups attached to an aromatic ring is 1. The number of carboxylic acid groups (broad SMARTS) is 1. The second-order valence-electron chi connectivity index (χ2n) is 5.49. The molecule has 0 saturated heterocycles. The first-order valence-electron chi connectivity index (χ1n) is 7.35. The van der Waals surface area contributed by atoms with Gasteiger partial charge in [0.15, 0.2) is 11.6 Å². The molecule has 23 heavy (non-hydrogen) atoms. The van der Waals surface area contributed by atoms with Gasteiger partial charge in [0.2, 0.25) is 0 Å². The highest BCUT2D eigenvalue weighted by Crippen LogP contribution is 2.28. The molecule has 0 atom stereocenters. The van der Waals surface area contributed by atoms with Crippen LogP contribution in [0.2, 0.25) is 0 Å². The van der Waals surface area contributed by atoms with Gasteiger partial charge in [-0.15, -0.1) is 0 Å². The maximum Gasteiger partial charge on any atom is 0.407 e. The van der Waals surface area contributed by atoms with Crippen molar-refractivity contribution in [2.75, 3.05) is 18.8 Å². The number of carbonyl (C=O) groups is 1. The molecule has 1 aliphatic rings. The maximum atomic E-state index is 13.8. The molecule has 0 fully saturated rings. The van der Waals surface area contributed by atoms with Gasteiger partial charge >= 0.3 is 6.09 Å². The summed E-state index contributed by atoms with van der Waals surface area (Å²) in [4.78, 5) is 12.5. The third-order valence-corrected chi connectivity index (χ3v) is 3.93. The molecule has 0 aromatic heterocycles. The smallest absolute Gasteiger partial charge is 0.407 e. The Hall–Kier alpha value is -2.76. The van der Waals surface area contributed by atoms with Gasteiger partial charge in [-0.3, -0.25) is 0 Å². The van der Waals surface area contributed by atoms with Crippen LogP contribution in [0.1, 0.15) is 11.1 Å². The number of nitrogens with zero attached hydrogens (tertiary/aromatic N) is 1. The number of anilines is 1. The van der Waals surface area contributed by atoms with E-state index >= 15 is 0 Å². The average Bonchev–Trinajstić information content (AvgIpc) is 2.72. The summed E-state index contributed by atoms with van der Waals surface area (Å²) >= 11 is 0. The van der Waals surface area contributed by atoms with Gasteiger partial charge in [0.05, 0.1) is 0 Å². The summed E-state index contributed by atoms with van der Waals surface area (Å²) in [6.07, 6.45) is 0.375. The molecule has 2 aromatic rings. The van der Waals surface area contributed by atoms with E-state index in [0.29, 0.717) is 37.4 Å². The van der Waals surface area contributed by atoms with E-state index in [1.54, 1.807) is 12.1 Å². The summed E-state index contributed by atoms with van der Waals surface area (Å²) < 4.78 is 19.4. The molecule has 6 heteroatoms. The van der Waals surface area contributed by atoms with E-state index in [4.69, 9.17) is 15.6 Å². The summed E-state index contributed by atoms with van der Waals surface area (Å²) in [6.45, 7) is 0.928. The number of ether oxygens (including phenoxy) is 1. The highest BCUT2D eigenvalue weighted by molar-refractivity contribution is 5.65. The highest BCUT2D eigenvalue weighted by atomic mass is 19.1. The monoisotopic (exact) mass is 316 g/mol. The van der Waals surface area contributed by atoms with Crippen LogP contribution < -0.4 is 10.5 Å². The number of hydrogen-bond donors (Lipinski definition) is 2. The molecule has 2 aromatic carbocycles. The Morgan fingerprint density at radius 2 is 1.87 bits per heavy atom. The van der Waals surface area contributed by atoms with Crippen molar-refractivity contribution in [2.45, 2.75) is 12.8 Å². The number of hydrogen-bond acceptors (Lipinski definition) is 3. The summed E-state index contributed by atoms with van der Waals surface area (Å²) in [5.41, 5.74) is 7.98. The normalized spacial score (nSPS) is 14.0. The van der Waals surface area contributed by atoms with Crippen LogP contribution in [-0.2, 0) is 12.8 Å². The molecule has 1 heterocycles. The summed E-state index contributed by atoms with van der Waals surface area (Å²) in [5, 5.41) is 9.09. The Bertz CT molecular complexity index is 749. The predicted molar refractivity (Wildman–Crippen MR) is 84.3 cm³/mol. The second-order valence-corrected chi connectivity index (χ2v) is 5.49. The maximum absolute atomic E-state index is 13.8. The lowest BCUT2D eigenvalue weighted by atomic mass is 10.0. The van der Waals surface area contributed by atoms with Gasteiger partial charge in [0.25, 0.3) is 0 Å². The molecule has 1 amide bonds. The van der Waals surface area contributed by atoms with E-state index in [-0.39, 0.29) is 5.75 Å². The van der Waals surface area contributed by atoms with Crippen LogP contribution in [0.25, 0.3) is 0 Å². The largest absolute Gasteiger partial charge is 0.465 e. The SMILES string of the molecule is Nc1ccc(Oc2ccc3c(c2)CCN(C(=O)O)CC3)c(F)c1. The van der Waals surface area contributed by atoms with Gasteiger partial charge in [-0.1, -0.05) is 6.07 Å². The molecule has 120 valence electrons. The fourth-order valence-electron chi connectivity index (χ4n) is 2.68. The lowest BCUT2D eigenvalue weighted by Crippen LogP contribution is -2.31. The van der Waals surface area contributed by atoms with Crippen LogP contribution in [0.15, 0.2) is 36.4 Å². The van der Waals surface area contributed by atoms with Gasteiger partial charge in [-0.2, -0.15) is 0 Å². The van der Waals surface area contributed by atoms with Crippen LogP contribution in [0, 0.1) is 5.82 Å². The van der Waals surface area contributed by atoms with Crippen molar-refractivity contribution in [3.05, 3.63) is 53.3 Å². The standard InChI is InChI=1S/C17H17FN2O3/c18-15-10-13(19)2-4-16(15)23-14-3-1-11-5-7-20(17(21)22)8-6-12(11)9-14/h1-4,9-10H,5-8,19H2,(H,21,22). The fraction of sp³-hybridized carbons (Fsp3) is 0.235. The zero-order valence-electron chi connectivity index (χ0n) is 12.5. The molecule has 0 saturated carbocycles. The van der Waals surface area contributed by atoms with Gasteiger partial charge in [-0.05, 0) is 48.2 Å². The van der Waals surface area contributed by atoms with Crippen molar-refractivity contribution in [2.24, 2.45) is 0 Å². The lowest BCUT2D eigenvalue weighted by Gasteiger charge is -2.15. The minimum Gasteiger partial charge on any atom is -0.465 e. The molecule has 0 unspecified atom stereocenters. The second kappa shape index (κ2) is 6.16. The van der Waals surface area contributed by atoms with Crippen molar-refractivity contribution in [3.63, 3.8) is 0 Å². The molecule has 0 radical (unpaired) electrons. The van der Waals surface area contributed by atoms with Crippen LogP contribution in [0.3, 0.4) is 0 Å². The summed E-state index contributed by atoms with van der Waals surface area (Å²) in [5.74, 6) is 0.119. The minimum absolute atomic E-state index is 0.111. The molecule has 1 aliphatic heterocycles. The zero-order valence-corrected chi connectivity index (χ0v) is 12.5. The topological polar surface area (TPSA) is 75.8 Å². The number of nitrogens with two attached hydrogens (primary N) is 1. The van der Waals surface area contributed by atoms with Crippen LogP contribution in [0.5, 0.6) is 11.5 Å². The molecule has 3 rings (SSSR count). The average molecular weight is 316 g/mol. The van der Waals surface area contributed by atoms with E-state index in [2.05, 4.69) is 0 Å². The first-order valence-corrected chi connectivity index (χ1v) is 7.35. The minimum atomic E-state index is -0.904. The molecule has 5 nitrogen and oxygen atoms in total. The Balaban J connectivity index is 1.80. The highest BCUT2D eigenvalue weighted by Gasteiger charge is 2.18. The Morgan fingerprint density at radius 1 is 1.13 bits per heavy atom. The van der Waals surface area contributed by atoms with Gasteiger partial charge in [0.1, 0.15) is 5.75 Å². The Morgan fingerprint density at radius 3 is 2.57 bits per heavy atom. The molecule has 0 aliphatic carbocycles. The Kier molecular flexibility index (Phi) is 4.06. The van der Waals surface area contributed by atoms with E-state index in [1.807, 2.05) is 12.1 Å². The van der Waals surface area contributed by atoms with Crippen molar-refractivity contribution >= 4 is 11.8 Å². The van der Waals surface area contributed by atoms with Crippen LogP contribution in [-0.4, -0.2) is 29.2 Å². The van der Waals surface area contributed by atoms with E-state index in [1.165, 1.54) is 17.0 Å². The number of fused-ring (bicyclic) bond motifs is 1. The number of halogens is 1. The molecule has 0 spiro atoms. The van der Waals surface area contributed by atoms with Crippen molar-refractivity contribution < 1.29 is 19.0 Å². The van der Waals surface area contributed by atoms with Gasteiger partial charge in [-0.25, -0.2) is 9.18 Å². The lowest BCUT2D eigenvalue weighted by molar-refractivity contribution is 0.147. The van der Waals surface area contributed by atoms with Crippen molar-refractivity contribution in [3.8, 4) is 11.5 Å². The van der Waals surface area contributed by atoms with E-state index in [0.717, 1.165) is 11.1 Å². The summed E-state index contributed by atoms with van der Waals surface area (Å²) in [6, 6.07) is 9.80. The molecular weight excluding hydrogens is 299 g/mol. The summed E-state index contributed by atoms with van der Waals surface area (Å²) in [7, 11) is 0. The first-order chi connectivity index (χ1) is 11.0. The molecule has 3 N–H and O–H groups in total.